The second-order valence-electron chi connectivity index (χ2n) is 9.06. The minimum Gasteiger partial charge on any atom is -0.497 e. The normalized spacial score (nSPS) is 14.2. The highest BCUT2D eigenvalue weighted by molar-refractivity contribution is 7.12. The maximum atomic E-state index is 13.6. The minimum atomic E-state index is 0.0688. The van der Waals surface area contributed by atoms with Crippen molar-refractivity contribution in [2.75, 3.05) is 21.0 Å². The average Bonchev–Trinajstić information content (AvgIpc) is 3.48. The van der Waals surface area contributed by atoms with E-state index in [1.807, 2.05) is 53.6 Å². The van der Waals surface area contributed by atoms with Gasteiger partial charge in [0.15, 0.2) is 11.5 Å². The van der Waals surface area contributed by atoms with Crippen LogP contribution in [0.25, 0.3) is 22.2 Å². The quantitative estimate of drug-likeness (QED) is 0.317. The van der Waals surface area contributed by atoms with Gasteiger partial charge in [-0.2, -0.15) is 0 Å². The molecule has 1 aliphatic heterocycles. The molecule has 1 aliphatic carbocycles. The van der Waals surface area contributed by atoms with E-state index in [-0.39, 0.29) is 18.7 Å². The number of aromatic nitrogens is 1. The molecule has 2 aromatic heterocycles. The Hall–Kier alpha value is -3.78. The van der Waals surface area contributed by atoms with Gasteiger partial charge in [-0.15, -0.1) is 11.3 Å². The molecule has 1 saturated carbocycles. The topological polar surface area (TPSA) is 70.1 Å². The van der Waals surface area contributed by atoms with E-state index in [1.54, 1.807) is 14.2 Å². The molecule has 7 nitrogen and oxygen atoms in total. The second kappa shape index (κ2) is 9.02. The Morgan fingerprint density at radius 3 is 2.58 bits per heavy atom. The van der Waals surface area contributed by atoms with E-state index in [2.05, 4.69) is 6.07 Å². The van der Waals surface area contributed by atoms with Crippen molar-refractivity contribution in [3.05, 3.63) is 63.8 Å². The molecule has 8 heteroatoms. The number of benzene rings is 2. The Kier molecular flexibility index (Phi) is 5.68. The number of methoxy groups -OCH3 is 2. The summed E-state index contributed by atoms with van der Waals surface area (Å²) >= 11 is 1.50. The number of fused-ring (bicyclic) bond motifs is 2. The van der Waals surface area contributed by atoms with Gasteiger partial charge in [-0.3, -0.25) is 4.79 Å². The van der Waals surface area contributed by atoms with E-state index in [4.69, 9.17) is 23.9 Å². The van der Waals surface area contributed by atoms with Gasteiger partial charge in [-0.25, -0.2) is 4.98 Å². The van der Waals surface area contributed by atoms with Crippen LogP contribution >= 0.6 is 11.3 Å². The lowest BCUT2D eigenvalue weighted by molar-refractivity contribution is 0.0734. The molecule has 4 aromatic rings. The predicted octanol–water partition coefficient (Wildman–Crippen LogP) is 5.82. The molecule has 0 N–H and O–H groups in total. The Labute approximate surface area is 213 Å². The number of aryl methyl sites for hydroxylation is 1. The number of nitrogens with zero attached hydrogens (tertiary/aromatic N) is 2. The Morgan fingerprint density at radius 1 is 1.08 bits per heavy atom. The van der Waals surface area contributed by atoms with Crippen molar-refractivity contribution in [3.63, 3.8) is 0 Å². The van der Waals surface area contributed by atoms with E-state index in [1.165, 1.54) is 11.3 Å². The third-order valence-corrected chi connectivity index (χ3v) is 7.70. The molecule has 2 aromatic carbocycles. The first kappa shape index (κ1) is 22.7. The lowest BCUT2D eigenvalue weighted by atomic mass is 10.0. The molecule has 0 bridgehead atoms. The summed E-state index contributed by atoms with van der Waals surface area (Å²) in [5.74, 6) is 2.83. The third-order valence-electron chi connectivity index (χ3n) is 6.70. The molecule has 2 aliphatic rings. The molecule has 3 heterocycles. The summed E-state index contributed by atoms with van der Waals surface area (Å²) in [4.78, 5) is 21.5. The van der Waals surface area contributed by atoms with Crippen LogP contribution in [0.2, 0.25) is 0 Å². The van der Waals surface area contributed by atoms with Gasteiger partial charge in [0, 0.05) is 29.6 Å². The Morgan fingerprint density at radius 2 is 1.89 bits per heavy atom. The third kappa shape index (κ3) is 4.01. The smallest absolute Gasteiger partial charge is 0.264 e. The van der Waals surface area contributed by atoms with Crippen molar-refractivity contribution in [3.8, 4) is 34.3 Å². The van der Waals surface area contributed by atoms with Crippen molar-refractivity contribution < 1.29 is 23.7 Å². The lowest BCUT2D eigenvalue weighted by Crippen LogP contribution is -2.32. The van der Waals surface area contributed by atoms with E-state index >= 15 is 0 Å². The maximum Gasteiger partial charge on any atom is 0.264 e. The molecule has 0 atom stereocenters. The van der Waals surface area contributed by atoms with Crippen LogP contribution in [0.1, 0.15) is 33.6 Å². The van der Waals surface area contributed by atoms with Gasteiger partial charge < -0.3 is 23.8 Å². The fraction of sp³-hybridized carbons (Fsp3) is 0.286. The standard InChI is InChI=1S/C28H26N2O5S/c1-16-8-9-36-27(16)28(31)30(19-4-5-19)14-18-10-17-11-24-25(35-15-34-24)13-22(17)29-26(18)21-12-20(32-2)6-7-23(21)33-3/h6-13,19H,4-5,14-15H2,1-3H3. The molecule has 6 rings (SSSR count). The van der Waals surface area contributed by atoms with Crippen LogP contribution in [0.3, 0.4) is 0 Å². The SMILES string of the molecule is COc1ccc(OC)c(-c2nc3cc4c(cc3cc2CN(C(=O)c2sccc2C)C2CC2)OCO4)c1. The molecular formula is C28H26N2O5S. The van der Waals surface area contributed by atoms with Gasteiger partial charge >= 0.3 is 0 Å². The van der Waals surface area contributed by atoms with Crippen molar-refractivity contribution in [2.24, 2.45) is 0 Å². The molecular weight excluding hydrogens is 476 g/mol. The van der Waals surface area contributed by atoms with Crippen molar-refractivity contribution in [1.82, 2.24) is 9.88 Å². The van der Waals surface area contributed by atoms with Gasteiger partial charge in [-0.05, 0) is 72.7 Å². The summed E-state index contributed by atoms with van der Waals surface area (Å²) in [6.07, 6.45) is 2.02. The first-order chi connectivity index (χ1) is 17.6. The molecule has 0 saturated heterocycles. The number of ether oxygens (including phenoxy) is 4. The highest BCUT2D eigenvalue weighted by Crippen LogP contribution is 2.41. The molecule has 0 radical (unpaired) electrons. The largest absolute Gasteiger partial charge is 0.497 e. The zero-order chi connectivity index (χ0) is 24.8. The number of carbonyl (C=O) groups is 1. The summed E-state index contributed by atoms with van der Waals surface area (Å²) in [5, 5.41) is 2.90. The van der Waals surface area contributed by atoms with Crippen LogP contribution in [0, 0.1) is 6.92 Å². The van der Waals surface area contributed by atoms with Gasteiger partial charge in [-0.1, -0.05) is 0 Å². The predicted molar refractivity (Wildman–Crippen MR) is 138 cm³/mol. The van der Waals surface area contributed by atoms with Crippen molar-refractivity contribution in [1.29, 1.82) is 0 Å². The molecule has 0 spiro atoms. The number of hydrogen-bond donors (Lipinski definition) is 0. The average molecular weight is 503 g/mol. The van der Waals surface area contributed by atoms with E-state index in [0.29, 0.717) is 29.5 Å². The van der Waals surface area contributed by atoms with Crippen molar-refractivity contribution >= 4 is 28.1 Å². The molecule has 184 valence electrons. The minimum absolute atomic E-state index is 0.0688. The van der Waals surface area contributed by atoms with Gasteiger partial charge in [0.25, 0.3) is 5.91 Å². The zero-order valence-electron chi connectivity index (χ0n) is 20.4. The molecule has 0 unspecified atom stereocenters. The number of amides is 1. The highest BCUT2D eigenvalue weighted by Gasteiger charge is 2.35. The fourth-order valence-electron chi connectivity index (χ4n) is 4.62. The lowest BCUT2D eigenvalue weighted by Gasteiger charge is -2.24. The summed E-state index contributed by atoms with van der Waals surface area (Å²) < 4.78 is 22.4. The number of pyridine rings is 1. The van der Waals surface area contributed by atoms with Crippen LogP contribution < -0.4 is 18.9 Å². The Bertz CT molecular complexity index is 1480. The number of hydrogen-bond acceptors (Lipinski definition) is 7. The second-order valence-corrected chi connectivity index (χ2v) is 9.97. The van der Waals surface area contributed by atoms with Gasteiger partial charge in [0.2, 0.25) is 6.79 Å². The van der Waals surface area contributed by atoms with Crippen LogP contribution in [-0.4, -0.2) is 42.8 Å². The zero-order valence-corrected chi connectivity index (χ0v) is 21.2. The van der Waals surface area contributed by atoms with E-state index in [0.717, 1.165) is 51.0 Å². The molecule has 1 fully saturated rings. The number of thiophene rings is 1. The van der Waals surface area contributed by atoms with Crippen LogP contribution in [0.4, 0.5) is 0 Å². The summed E-state index contributed by atoms with van der Waals surface area (Å²) in [6, 6.07) is 13.8. The van der Waals surface area contributed by atoms with Gasteiger partial charge in [0.1, 0.15) is 11.5 Å². The number of rotatable bonds is 7. The summed E-state index contributed by atoms with van der Waals surface area (Å²) in [5.41, 5.74) is 4.28. The van der Waals surface area contributed by atoms with Crippen molar-refractivity contribution in [2.45, 2.75) is 32.4 Å². The summed E-state index contributed by atoms with van der Waals surface area (Å²) in [7, 11) is 3.28. The highest BCUT2D eigenvalue weighted by atomic mass is 32.1. The maximum absolute atomic E-state index is 13.6. The first-order valence-electron chi connectivity index (χ1n) is 11.9. The number of carbonyl (C=O) groups excluding carboxylic acids is 1. The monoisotopic (exact) mass is 502 g/mol. The van der Waals surface area contributed by atoms with E-state index in [9.17, 15) is 4.79 Å². The van der Waals surface area contributed by atoms with Crippen LogP contribution in [-0.2, 0) is 6.54 Å². The molecule has 1 amide bonds. The molecule has 36 heavy (non-hydrogen) atoms. The van der Waals surface area contributed by atoms with Gasteiger partial charge in [0.05, 0.1) is 30.3 Å². The first-order valence-corrected chi connectivity index (χ1v) is 12.7. The Balaban J connectivity index is 1.51. The fourth-order valence-corrected chi connectivity index (χ4v) is 5.50. The van der Waals surface area contributed by atoms with Crippen LogP contribution in [0.5, 0.6) is 23.0 Å². The van der Waals surface area contributed by atoms with Crippen LogP contribution in [0.15, 0.2) is 47.8 Å². The van der Waals surface area contributed by atoms with E-state index < -0.39 is 0 Å². The summed E-state index contributed by atoms with van der Waals surface area (Å²) in [6.45, 7) is 2.62.